The van der Waals surface area contributed by atoms with Crippen LogP contribution in [-0.4, -0.2) is 61.1 Å². The number of hydrogen-bond acceptors (Lipinski definition) is 3. The molecule has 0 aliphatic carbocycles. The van der Waals surface area contributed by atoms with Crippen molar-refractivity contribution in [3.8, 4) is 0 Å². The van der Waals surface area contributed by atoms with Crippen LogP contribution in [0.3, 0.4) is 0 Å². The van der Waals surface area contributed by atoms with Gasteiger partial charge in [0.05, 0.1) is 19.3 Å². The number of carbonyl (C=O) groups excluding carboxylic acids is 1. The molecule has 4 heteroatoms. The Kier molecular flexibility index (Phi) is 4.54. The van der Waals surface area contributed by atoms with Gasteiger partial charge in [0.25, 0.3) is 0 Å². The number of carbonyl (C=O) groups is 1. The quantitative estimate of drug-likeness (QED) is 0.689. The zero-order valence-corrected chi connectivity index (χ0v) is 10.2. The normalized spacial score (nSPS) is 19.7. The molecule has 0 aromatic rings. The predicted molar refractivity (Wildman–Crippen MR) is 59.8 cm³/mol. The smallest absolute Gasteiger partial charge is 0.239 e. The number of nitrogens with zero attached hydrogens (tertiary/aromatic N) is 2. The molecule has 1 heterocycles. The molecule has 0 radical (unpaired) electrons. The minimum absolute atomic E-state index is 0.0388. The van der Waals surface area contributed by atoms with Gasteiger partial charge >= 0.3 is 0 Å². The Morgan fingerprint density at radius 2 is 1.80 bits per heavy atom. The first kappa shape index (κ1) is 12.5. The van der Waals surface area contributed by atoms with Crippen LogP contribution in [0.5, 0.6) is 0 Å². The van der Waals surface area contributed by atoms with Gasteiger partial charge in [-0.25, -0.2) is 0 Å². The third kappa shape index (κ3) is 3.18. The maximum Gasteiger partial charge on any atom is 0.239 e. The van der Waals surface area contributed by atoms with E-state index < -0.39 is 0 Å². The zero-order valence-electron chi connectivity index (χ0n) is 10.2. The van der Waals surface area contributed by atoms with E-state index in [0.717, 1.165) is 13.1 Å². The highest BCUT2D eigenvalue weighted by atomic mass is 16.5. The van der Waals surface area contributed by atoms with Crippen molar-refractivity contribution in [3.05, 3.63) is 0 Å². The third-order valence-electron chi connectivity index (χ3n) is 3.11. The second kappa shape index (κ2) is 5.47. The van der Waals surface area contributed by atoms with Crippen LogP contribution < -0.4 is 0 Å². The van der Waals surface area contributed by atoms with Crippen LogP contribution in [0, 0.1) is 0 Å². The van der Waals surface area contributed by atoms with Crippen LogP contribution >= 0.6 is 0 Å². The van der Waals surface area contributed by atoms with Gasteiger partial charge in [0.15, 0.2) is 0 Å². The fourth-order valence-corrected chi connectivity index (χ4v) is 1.67. The summed E-state index contributed by atoms with van der Waals surface area (Å²) in [7, 11) is 1.99. The molecule has 0 bridgehead atoms. The van der Waals surface area contributed by atoms with E-state index in [1.54, 1.807) is 0 Å². The Morgan fingerprint density at radius 3 is 2.27 bits per heavy atom. The monoisotopic (exact) mass is 214 g/mol. The molecule has 1 atom stereocenters. The molecule has 15 heavy (non-hydrogen) atoms. The van der Waals surface area contributed by atoms with Gasteiger partial charge in [0, 0.05) is 19.1 Å². The summed E-state index contributed by atoms with van der Waals surface area (Å²) in [5.74, 6) is 0.217. The van der Waals surface area contributed by atoms with Crippen LogP contribution in [-0.2, 0) is 9.53 Å². The maximum absolute atomic E-state index is 12.1. The second-order valence-electron chi connectivity index (χ2n) is 4.37. The first-order valence-corrected chi connectivity index (χ1v) is 5.62. The molecule has 1 rings (SSSR count). The number of ether oxygens (including phenoxy) is 1. The standard InChI is InChI=1S/C11H22N2O2/c1-9(2)12(4)10(3)11(14)13-5-7-15-8-6-13/h9-10H,5-8H2,1-4H3/t10-/m1/s1. The summed E-state index contributed by atoms with van der Waals surface area (Å²) >= 11 is 0. The van der Waals surface area contributed by atoms with Crippen LogP contribution in [0.4, 0.5) is 0 Å². The Hall–Kier alpha value is -0.610. The molecule has 4 nitrogen and oxygen atoms in total. The van der Waals surface area contributed by atoms with Gasteiger partial charge < -0.3 is 9.64 Å². The van der Waals surface area contributed by atoms with Crippen LogP contribution in [0.25, 0.3) is 0 Å². The molecule has 1 saturated heterocycles. The fourth-order valence-electron chi connectivity index (χ4n) is 1.67. The molecule has 0 aromatic heterocycles. The van der Waals surface area contributed by atoms with Crippen molar-refractivity contribution in [3.63, 3.8) is 0 Å². The molecule has 0 N–H and O–H groups in total. The van der Waals surface area contributed by atoms with Gasteiger partial charge in [-0.1, -0.05) is 0 Å². The van der Waals surface area contributed by atoms with Crippen molar-refractivity contribution in [1.82, 2.24) is 9.80 Å². The summed E-state index contributed by atoms with van der Waals surface area (Å²) in [6.07, 6.45) is 0. The lowest BCUT2D eigenvalue weighted by atomic mass is 10.2. The summed E-state index contributed by atoms with van der Waals surface area (Å²) in [6.45, 7) is 8.97. The molecule has 88 valence electrons. The largest absolute Gasteiger partial charge is 0.378 e. The Labute approximate surface area is 92.2 Å². The van der Waals surface area contributed by atoms with E-state index in [1.165, 1.54) is 0 Å². The molecule has 0 saturated carbocycles. The number of hydrogen-bond donors (Lipinski definition) is 0. The predicted octanol–water partition coefficient (Wildman–Crippen LogP) is 0.574. The maximum atomic E-state index is 12.1. The van der Waals surface area contributed by atoms with E-state index >= 15 is 0 Å². The molecule has 1 aliphatic rings. The zero-order chi connectivity index (χ0) is 11.4. The van der Waals surface area contributed by atoms with Gasteiger partial charge in [-0.2, -0.15) is 0 Å². The van der Waals surface area contributed by atoms with Gasteiger partial charge in [-0.3, -0.25) is 9.69 Å². The lowest BCUT2D eigenvalue weighted by molar-refractivity contribution is -0.140. The third-order valence-corrected chi connectivity index (χ3v) is 3.11. The number of amides is 1. The highest BCUT2D eigenvalue weighted by Crippen LogP contribution is 2.07. The minimum atomic E-state index is -0.0388. The molecule has 0 unspecified atom stereocenters. The van der Waals surface area contributed by atoms with E-state index in [4.69, 9.17) is 4.74 Å². The molecular formula is C11H22N2O2. The van der Waals surface area contributed by atoms with Crippen molar-refractivity contribution in [2.24, 2.45) is 0 Å². The van der Waals surface area contributed by atoms with Crippen LogP contribution in [0.15, 0.2) is 0 Å². The van der Waals surface area contributed by atoms with Crippen molar-refractivity contribution in [1.29, 1.82) is 0 Å². The van der Waals surface area contributed by atoms with Gasteiger partial charge in [0.1, 0.15) is 0 Å². The molecule has 0 spiro atoms. The molecule has 0 aromatic carbocycles. The summed E-state index contributed by atoms with van der Waals surface area (Å²) < 4.78 is 5.23. The summed E-state index contributed by atoms with van der Waals surface area (Å²) in [5.41, 5.74) is 0. The molecule has 1 amide bonds. The Morgan fingerprint density at radius 1 is 1.27 bits per heavy atom. The first-order valence-electron chi connectivity index (χ1n) is 5.62. The first-order chi connectivity index (χ1) is 7.04. The molecule has 1 fully saturated rings. The number of likely N-dealkylation sites (N-methyl/N-ethyl adjacent to an activating group) is 1. The summed E-state index contributed by atoms with van der Waals surface area (Å²) in [5, 5.41) is 0. The Bertz CT molecular complexity index is 213. The van der Waals surface area contributed by atoms with E-state index in [9.17, 15) is 4.79 Å². The highest BCUT2D eigenvalue weighted by molar-refractivity contribution is 5.81. The van der Waals surface area contributed by atoms with Crippen molar-refractivity contribution in [2.45, 2.75) is 32.9 Å². The van der Waals surface area contributed by atoms with E-state index in [1.807, 2.05) is 18.9 Å². The lowest BCUT2D eigenvalue weighted by Gasteiger charge is -2.34. The second-order valence-corrected chi connectivity index (χ2v) is 4.37. The molecule has 1 aliphatic heterocycles. The SMILES string of the molecule is CC(C)N(C)[C@H](C)C(=O)N1CCOCC1. The number of morpholine rings is 1. The topological polar surface area (TPSA) is 32.8 Å². The lowest BCUT2D eigenvalue weighted by Crippen LogP contribution is -2.51. The number of rotatable bonds is 3. The average molecular weight is 214 g/mol. The Balaban J connectivity index is 2.50. The van der Waals surface area contributed by atoms with Gasteiger partial charge in [0.2, 0.25) is 5.91 Å². The van der Waals surface area contributed by atoms with E-state index in [0.29, 0.717) is 19.3 Å². The van der Waals surface area contributed by atoms with Crippen molar-refractivity contribution >= 4 is 5.91 Å². The highest BCUT2D eigenvalue weighted by Gasteiger charge is 2.26. The van der Waals surface area contributed by atoms with Crippen molar-refractivity contribution < 1.29 is 9.53 Å². The van der Waals surface area contributed by atoms with Crippen LogP contribution in [0.2, 0.25) is 0 Å². The van der Waals surface area contributed by atoms with Crippen LogP contribution in [0.1, 0.15) is 20.8 Å². The van der Waals surface area contributed by atoms with Gasteiger partial charge in [-0.15, -0.1) is 0 Å². The molecular weight excluding hydrogens is 192 g/mol. The van der Waals surface area contributed by atoms with Gasteiger partial charge in [-0.05, 0) is 27.8 Å². The van der Waals surface area contributed by atoms with E-state index in [2.05, 4.69) is 18.7 Å². The van der Waals surface area contributed by atoms with E-state index in [-0.39, 0.29) is 11.9 Å². The van der Waals surface area contributed by atoms with Crippen molar-refractivity contribution in [2.75, 3.05) is 33.4 Å². The minimum Gasteiger partial charge on any atom is -0.378 e. The fraction of sp³-hybridized carbons (Fsp3) is 0.909. The summed E-state index contributed by atoms with van der Waals surface area (Å²) in [6, 6.07) is 0.355. The summed E-state index contributed by atoms with van der Waals surface area (Å²) in [4.78, 5) is 16.1. The average Bonchev–Trinajstić information content (AvgIpc) is 2.27.